The maximum atomic E-state index is 6.34. The van der Waals surface area contributed by atoms with E-state index in [4.69, 9.17) is 4.42 Å². The first kappa shape index (κ1) is 40.0. The molecular weight excluding hydrogens is 800 g/mol. The number of rotatable bonds is 5. The average molecular weight is 851 g/mol. The van der Waals surface area contributed by atoms with Crippen LogP contribution in [0.3, 0.4) is 0 Å². The van der Waals surface area contributed by atoms with Gasteiger partial charge in [-0.05, 0) is 138 Å². The van der Waals surface area contributed by atoms with Crippen molar-refractivity contribution < 1.29 is 4.42 Å². The Morgan fingerprint density at radius 1 is 0.348 bits per heavy atom. The molecule has 2 aliphatic rings. The van der Waals surface area contributed by atoms with Crippen molar-refractivity contribution >= 4 is 79.2 Å². The van der Waals surface area contributed by atoms with Gasteiger partial charge in [-0.2, -0.15) is 0 Å². The lowest BCUT2D eigenvalue weighted by molar-refractivity contribution is 0.590. The van der Waals surface area contributed by atoms with Crippen LogP contribution in [0.2, 0.25) is 0 Å². The first-order valence-corrected chi connectivity index (χ1v) is 23.3. The number of para-hydroxylation sites is 1. The topological polar surface area (TPSA) is 19.6 Å². The third-order valence-electron chi connectivity index (χ3n) is 14.0. The minimum absolute atomic E-state index is 0.00222. The molecule has 9 aromatic carbocycles. The van der Waals surface area contributed by atoms with E-state index < -0.39 is 0 Å². The molecule has 3 nitrogen and oxygen atoms in total. The average Bonchev–Trinajstić information content (AvgIpc) is 3.72. The highest BCUT2D eigenvalue weighted by atomic mass is 16.3. The fourth-order valence-electron chi connectivity index (χ4n) is 10.4. The van der Waals surface area contributed by atoms with Crippen molar-refractivity contribution in [2.24, 2.45) is 0 Å². The lowest BCUT2D eigenvalue weighted by Crippen LogP contribution is -2.61. The molecule has 3 heterocycles. The Kier molecular flexibility index (Phi) is 9.09. The molecule has 0 spiro atoms. The van der Waals surface area contributed by atoms with E-state index in [9.17, 15) is 0 Å². The van der Waals surface area contributed by atoms with E-state index in [1.165, 1.54) is 72.5 Å². The van der Waals surface area contributed by atoms with Gasteiger partial charge in [0, 0.05) is 44.9 Å². The molecule has 2 aliphatic heterocycles. The molecule has 10 aromatic rings. The molecule has 12 rings (SSSR count). The largest absolute Gasteiger partial charge is 0.456 e. The molecule has 0 atom stereocenters. The van der Waals surface area contributed by atoms with Crippen LogP contribution in [0.5, 0.6) is 0 Å². The summed E-state index contributed by atoms with van der Waals surface area (Å²) in [5.74, 6) is 0. The van der Waals surface area contributed by atoms with Crippen LogP contribution < -0.4 is 26.2 Å². The molecule has 0 aliphatic carbocycles. The number of nitrogens with zero attached hydrogens (tertiary/aromatic N) is 2. The highest BCUT2D eigenvalue weighted by Gasteiger charge is 2.44. The van der Waals surface area contributed by atoms with Crippen LogP contribution >= 0.6 is 0 Å². The second kappa shape index (κ2) is 15.0. The maximum Gasteiger partial charge on any atom is 0.252 e. The Morgan fingerprint density at radius 3 is 1.47 bits per heavy atom. The fourth-order valence-corrected chi connectivity index (χ4v) is 10.4. The molecule has 0 saturated carbocycles. The second-order valence-corrected chi connectivity index (χ2v) is 20.2. The van der Waals surface area contributed by atoms with Crippen molar-refractivity contribution in [3.05, 3.63) is 211 Å². The first-order chi connectivity index (χ1) is 32.0. The Balaban J connectivity index is 1.09. The van der Waals surface area contributed by atoms with Crippen molar-refractivity contribution in [2.75, 3.05) is 9.80 Å². The molecule has 0 N–H and O–H groups in total. The van der Waals surface area contributed by atoms with Crippen LogP contribution in [0, 0.1) is 0 Å². The van der Waals surface area contributed by atoms with Gasteiger partial charge in [0.15, 0.2) is 0 Å². The summed E-state index contributed by atoms with van der Waals surface area (Å²) >= 11 is 0. The lowest BCUT2D eigenvalue weighted by atomic mass is 9.33. The summed E-state index contributed by atoms with van der Waals surface area (Å²) in [6, 6.07) is 74.1. The van der Waals surface area contributed by atoms with Crippen LogP contribution in [0.25, 0.3) is 55.3 Å². The molecule has 66 heavy (non-hydrogen) atoms. The van der Waals surface area contributed by atoms with E-state index >= 15 is 0 Å². The normalized spacial score (nSPS) is 13.2. The van der Waals surface area contributed by atoms with Crippen LogP contribution in [0.4, 0.5) is 34.1 Å². The van der Waals surface area contributed by atoms with E-state index in [0.29, 0.717) is 0 Å². The molecule has 0 radical (unpaired) electrons. The van der Waals surface area contributed by atoms with Gasteiger partial charge >= 0.3 is 0 Å². The van der Waals surface area contributed by atoms with Gasteiger partial charge in [0.25, 0.3) is 6.71 Å². The quantitative estimate of drug-likeness (QED) is 0.161. The summed E-state index contributed by atoms with van der Waals surface area (Å²) in [7, 11) is 0. The first-order valence-electron chi connectivity index (χ1n) is 23.3. The van der Waals surface area contributed by atoms with Gasteiger partial charge in [-0.1, -0.05) is 175 Å². The molecule has 0 unspecified atom stereocenters. The van der Waals surface area contributed by atoms with E-state index in [0.717, 1.165) is 44.4 Å². The molecular formula is C62H51BN2O. The maximum absolute atomic E-state index is 6.34. The van der Waals surface area contributed by atoms with Crippen molar-refractivity contribution in [1.29, 1.82) is 0 Å². The lowest BCUT2D eigenvalue weighted by Gasteiger charge is -2.45. The number of hydrogen-bond acceptors (Lipinski definition) is 3. The summed E-state index contributed by atoms with van der Waals surface area (Å²) in [6.45, 7) is 14.0. The predicted molar refractivity (Wildman–Crippen MR) is 281 cm³/mol. The van der Waals surface area contributed by atoms with Gasteiger partial charge in [-0.15, -0.1) is 0 Å². The Labute approximate surface area is 388 Å². The summed E-state index contributed by atoms with van der Waals surface area (Å²) in [4.78, 5) is 5.09. The van der Waals surface area contributed by atoms with Gasteiger partial charge in [-0.25, -0.2) is 0 Å². The van der Waals surface area contributed by atoms with E-state index in [-0.39, 0.29) is 17.5 Å². The highest BCUT2D eigenvalue weighted by molar-refractivity contribution is 7.00. The van der Waals surface area contributed by atoms with Gasteiger partial charge in [-0.3, -0.25) is 0 Å². The SMILES string of the molecule is CC(C)(C)c1ccc2c(c1)N(c1ccc(-c3ccc4c(c3)oc3ccccc34)cc1)c1cc(C(C)(C)C)cc3c1B2c1cc(-c2ccccc2)ccc1N3c1ccc(-c2ccccc2)cc1. The third kappa shape index (κ3) is 6.58. The van der Waals surface area contributed by atoms with Gasteiger partial charge in [0.2, 0.25) is 0 Å². The fraction of sp³-hybridized carbons (Fsp3) is 0.129. The summed E-state index contributed by atoms with van der Waals surface area (Å²) in [6.07, 6.45) is 0. The van der Waals surface area contributed by atoms with Crippen LogP contribution in [0.1, 0.15) is 52.7 Å². The summed E-state index contributed by atoms with van der Waals surface area (Å²) < 4.78 is 6.34. The van der Waals surface area contributed by atoms with Crippen molar-refractivity contribution in [1.82, 2.24) is 0 Å². The zero-order valence-corrected chi connectivity index (χ0v) is 38.4. The smallest absolute Gasteiger partial charge is 0.252 e. The molecule has 0 bridgehead atoms. The monoisotopic (exact) mass is 850 g/mol. The van der Waals surface area contributed by atoms with E-state index in [2.05, 4.69) is 239 Å². The van der Waals surface area contributed by atoms with Crippen LogP contribution in [0.15, 0.2) is 205 Å². The van der Waals surface area contributed by atoms with Crippen molar-refractivity contribution in [2.45, 2.75) is 52.4 Å². The Hall–Kier alpha value is -7.56. The second-order valence-electron chi connectivity index (χ2n) is 20.2. The standard InChI is InChI=1S/C62H51BN2O/c1-61(2,3)46-27-33-52-55(37-46)65(49-30-23-43(24-31-49)45-25-32-51-50-19-13-14-20-58(50)66-59(51)36-45)57-39-47(62(4,5)6)38-56-60(57)63(52)53-35-44(41-17-11-8-12-18-41)26-34-54(53)64(56)48-28-21-42(22-29-48)40-15-9-7-10-16-40/h7-39H,1-6H3. The van der Waals surface area contributed by atoms with Gasteiger partial charge in [0.1, 0.15) is 11.2 Å². The molecule has 0 fully saturated rings. The van der Waals surface area contributed by atoms with E-state index in [1.807, 2.05) is 12.1 Å². The van der Waals surface area contributed by atoms with Crippen LogP contribution in [-0.4, -0.2) is 6.71 Å². The zero-order chi connectivity index (χ0) is 44.9. The predicted octanol–water partition coefficient (Wildman–Crippen LogP) is 15.3. The number of furan rings is 1. The summed E-state index contributed by atoms with van der Waals surface area (Å²) in [5, 5.41) is 2.29. The Bertz CT molecular complexity index is 3480. The van der Waals surface area contributed by atoms with Crippen molar-refractivity contribution in [3.63, 3.8) is 0 Å². The van der Waals surface area contributed by atoms with E-state index in [1.54, 1.807) is 0 Å². The zero-order valence-electron chi connectivity index (χ0n) is 38.4. The number of anilines is 6. The van der Waals surface area contributed by atoms with Gasteiger partial charge in [0.05, 0.1) is 0 Å². The molecule has 4 heteroatoms. The number of fused-ring (bicyclic) bond motifs is 7. The molecule has 1 aromatic heterocycles. The minimum Gasteiger partial charge on any atom is -0.456 e. The highest BCUT2D eigenvalue weighted by Crippen LogP contribution is 2.47. The number of hydrogen-bond donors (Lipinski definition) is 0. The third-order valence-corrected chi connectivity index (χ3v) is 14.0. The molecule has 318 valence electrons. The summed E-state index contributed by atoms with van der Waals surface area (Å²) in [5.41, 5.74) is 22.5. The molecule has 0 amide bonds. The minimum atomic E-state index is -0.125. The van der Waals surface area contributed by atoms with Gasteiger partial charge < -0.3 is 14.2 Å². The van der Waals surface area contributed by atoms with Crippen molar-refractivity contribution in [3.8, 4) is 33.4 Å². The molecule has 0 saturated heterocycles. The number of benzene rings is 9. The van der Waals surface area contributed by atoms with Crippen LogP contribution in [-0.2, 0) is 10.8 Å². The Morgan fingerprint density at radius 2 is 0.833 bits per heavy atom.